The van der Waals surface area contributed by atoms with E-state index in [0.717, 1.165) is 19.5 Å². The van der Waals surface area contributed by atoms with E-state index in [1.807, 2.05) is 0 Å². The summed E-state index contributed by atoms with van der Waals surface area (Å²) in [5.74, 6) is 0.617. The highest BCUT2D eigenvalue weighted by Gasteiger charge is 2.28. The Hall–Kier alpha value is -0.0800. The minimum atomic E-state index is 0.0747. The van der Waals surface area contributed by atoms with E-state index in [0.29, 0.717) is 5.92 Å². The van der Waals surface area contributed by atoms with Gasteiger partial charge < -0.3 is 11.1 Å². The van der Waals surface area contributed by atoms with Crippen LogP contribution >= 0.6 is 0 Å². The van der Waals surface area contributed by atoms with Gasteiger partial charge in [0, 0.05) is 5.54 Å². The van der Waals surface area contributed by atoms with Gasteiger partial charge in [0.25, 0.3) is 0 Å². The van der Waals surface area contributed by atoms with Crippen molar-refractivity contribution in [1.29, 1.82) is 0 Å². The maximum atomic E-state index is 5.98. The molecule has 9 heavy (non-hydrogen) atoms. The molecule has 1 aliphatic rings. The van der Waals surface area contributed by atoms with Gasteiger partial charge in [-0.15, -0.1) is 0 Å². The topological polar surface area (TPSA) is 38.0 Å². The van der Waals surface area contributed by atoms with Crippen molar-refractivity contribution >= 4 is 0 Å². The summed E-state index contributed by atoms with van der Waals surface area (Å²) < 4.78 is 0. The molecule has 0 amide bonds. The number of hydrogen-bond donors (Lipinski definition) is 2. The van der Waals surface area contributed by atoms with Crippen LogP contribution in [-0.2, 0) is 0 Å². The van der Waals surface area contributed by atoms with Gasteiger partial charge in [-0.05, 0) is 32.4 Å². The van der Waals surface area contributed by atoms with Gasteiger partial charge in [-0.3, -0.25) is 0 Å². The van der Waals surface area contributed by atoms with E-state index in [9.17, 15) is 0 Å². The maximum absolute atomic E-state index is 5.98. The zero-order chi connectivity index (χ0) is 6.91. The fraction of sp³-hybridized carbons (Fsp3) is 1.00. The van der Waals surface area contributed by atoms with E-state index in [-0.39, 0.29) is 5.54 Å². The van der Waals surface area contributed by atoms with Gasteiger partial charge in [-0.1, -0.05) is 6.92 Å². The molecule has 1 fully saturated rings. The van der Waals surface area contributed by atoms with Gasteiger partial charge in [-0.25, -0.2) is 0 Å². The van der Waals surface area contributed by atoms with Crippen LogP contribution in [0.25, 0.3) is 0 Å². The highest BCUT2D eigenvalue weighted by Crippen LogP contribution is 2.19. The Morgan fingerprint density at radius 2 is 2.33 bits per heavy atom. The summed E-state index contributed by atoms with van der Waals surface area (Å²) in [5.41, 5.74) is 6.06. The summed E-state index contributed by atoms with van der Waals surface area (Å²) in [7, 11) is 0. The van der Waals surface area contributed by atoms with Crippen molar-refractivity contribution in [2.24, 2.45) is 11.7 Å². The van der Waals surface area contributed by atoms with Crippen LogP contribution in [0.4, 0.5) is 0 Å². The summed E-state index contributed by atoms with van der Waals surface area (Å²) in [4.78, 5) is 0. The van der Waals surface area contributed by atoms with Crippen molar-refractivity contribution in [3.8, 4) is 0 Å². The molecule has 0 radical (unpaired) electrons. The normalized spacial score (nSPS) is 45.0. The second-order valence-electron chi connectivity index (χ2n) is 3.36. The third-order valence-corrected chi connectivity index (χ3v) is 2.42. The van der Waals surface area contributed by atoms with Gasteiger partial charge in [0.15, 0.2) is 0 Å². The fourth-order valence-corrected chi connectivity index (χ4v) is 1.16. The standard InChI is InChI=1S/C7H16N2/c1-6-5-9-4-3-7(6,2)8/h6,9H,3-5,8H2,1-2H3/t6-,7-/m1/s1. The molecular formula is C7H16N2. The van der Waals surface area contributed by atoms with Crippen LogP contribution in [-0.4, -0.2) is 18.6 Å². The lowest BCUT2D eigenvalue weighted by atomic mass is 9.82. The quantitative estimate of drug-likeness (QED) is 0.493. The Labute approximate surface area is 56.8 Å². The fourth-order valence-electron chi connectivity index (χ4n) is 1.16. The lowest BCUT2D eigenvalue weighted by Crippen LogP contribution is -2.52. The summed E-state index contributed by atoms with van der Waals surface area (Å²) in [6.07, 6.45) is 1.11. The monoisotopic (exact) mass is 128 g/mol. The molecule has 0 unspecified atom stereocenters. The predicted molar refractivity (Wildman–Crippen MR) is 39.2 cm³/mol. The maximum Gasteiger partial charge on any atom is 0.0175 e. The number of hydrogen-bond acceptors (Lipinski definition) is 2. The third kappa shape index (κ3) is 1.43. The van der Waals surface area contributed by atoms with Crippen molar-refractivity contribution in [2.45, 2.75) is 25.8 Å². The molecule has 0 aromatic carbocycles. The van der Waals surface area contributed by atoms with E-state index in [4.69, 9.17) is 5.73 Å². The first-order valence-electron chi connectivity index (χ1n) is 3.62. The summed E-state index contributed by atoms with van der Waals surface area (Å²) in [5, 5.41) is 3.31. The summed E-state index contributed by atoms with van der Waals surface area (Å²) in [6, 6.07) is 0. The zero-order valence-electron chi connectivity index (χ0n) is 6.28. The highest BCUT2D eigenvalue weighted by atomic mass is 14.9. The highest BCUT2D eigenvalue weighted by molar-refractivity contribution is 4.89. The van der Waals surface area contributed by atoms with Gasteiger partial charge in [0.2, 0.25) is 0 Å². The molecule has 0 saturated carbocycles. The van der Waals surface area contributed by atoms with Gasteiger partial charge in [0.1, 0.15) is 0 Å². The lowest BCUT2D eigenvalue weighted by Gasteiger charge is -2.36. The molecule has 0 spiro atoms. The lowest BCUT2D eigenvalue weighted by molar-refractivity contribution is 0.242. The molecule has 54 valence electrons. The molecule has 2 atom stereocenters. The van der Waals surface area contributed by atoms with E-state index < -0.39 is 0 Å². The van der Waals surface area contributed by atoms with Crippen molar-refractivity contribution in [2.75, 3.05) is 13.1 Å². The van der Waals surface area contributed by atoms with E-state index >= 15 is 0 Å². The largest absolute Gasteiger partial charge is 0.325 e. The van der Waals surface area contributed by atoms with E-state index in [1.54, 1.807) is 0 Å². The van der Waals surface area contributed by atoms with Crippen LogP contribution in [0.3, 0.4) is 0 Å². The Morgan fingerprint density at radius 3 is 2.67 bits per heavy atom. The SMILES string of the molecule is C[C@@H]1CNCC[C@@]1(C)N. The van der Waals surface area contributed by atoms with Crippen molar-refractivity contribution in [3.05, 3.63) is 0 Å². The van der Waals surface area contributed by atoms with Crippen molar-refractivity contribution in [3.63, 3.8) is 0 Å². The van der Waals surface area contributed by atoms with Crippen LogP contribution in [0.5, 0.6) is 0 Å². The third-order valence-electron chi connectivity index (χ3n) is 2.42. The first-order valence-corrected chi connectivity index (χ1v) is 3.62. The Balaban J connectivity index is 2.49. The molecular weight excluding hydrogens is 112 g/mol. The molecule has 2 nitrogen and oxygen atoms in total. The number of rotatable bonds is 0. The minimum Gasteiger partial charge on any atom is -0.325 e. The number of nitrogens with two attached hydrogens (primary N) is 1. The Bertz CT molecular complexity index is 99.1. The van der Waals surface area contributed by atoms with Crippen molar-refractivity contribution < 1.29 is 0 Å². The number of piperidine rings is 1. The first kappa shape index (κ1) is 7.03. The molecule has 0 aromatic rings. The summed E-state index contributed by atoms with van der Waals surface area (Å²) in [6.45, 7) is 6.50. The average Bonchev–Trinajstić information content (AvgIpc) is 1.77. The van der Waals surface area contributed by atoms with Crippen LogP contribution in [0.1, 0.15) is 20.3 Å². The van der Waals surface area contributed by atoms with Gasteiger partial charge in [0.05, 0.1) is 0 Å². The molecule has 0 aromatic heterocycles. The molecule has 1 saturated heterocycles. The second-order valence-corrected chi connectivity index (χ2v) is 3.36. The van der Waals surface area contributed by atoms with Crippen molar-refractivity contribution in [1.82, 2.24) is 5.32 Å². The van der Waals surface area contributed by atoms with Crippen LogP contribution in [0, 0.1) is 5.92 Å². The zero-order valence-corrected chi connectivity index (χ0v) is 6.28. The molecule has 0 aliphatic carbocycles. The minimum absolute atomic E-state index is 0.0747. The van der Waals surface area contributed by atoms with E-state index in [1.165, 1.54) is 0 Å². The molecule has 1 aliphatic heterocycles. The van der Waals surface area contributed by atoms with Crippen LogP contribution in [0.2, 0.25) is 0 Å². The Kier molecular flexibility index (Phi) is 1.78. The smallest absolute Gasteiger partial charge is 0.0175 e. The molecule has 1 rings (SSSR count). The second kappa shape index (κ2) is 2.27. The molecule has 2 heteroatoms. The molecule has 1 heterocycles. The van der Waals surface area contributed by atoms with E-state index in [2.05, 4.69) is 19.2 Å². The number of nitrogens with one attached hydrogen (secondary N) is 1. The first-order chi connectivity index (χ1) is 4.13. The average molecular weight is 128 g/mol. The van der Waals surface area contributed by atoms with Gasteiger partial charge in [-0.2, -0.15) is 0 Å². The summed E-state index contributed by atoms with van der Waals surface area (Å²) >= 11 is 0. The van der Waals surface area contributed by atoms with Crippen LogP contribution in [0.15, 0.2) is 0 Å². The van der Waals surface area contributed by atoms with Crippen LogP contribution < -0.4 is 11.1 Å². The Morgan fingerprint density at radius 1 is 1.67 bits per heavy atom. The predicted octanol–water partition coefficient (Wildman–Crippen LogP) is 0.333. The molecule has 3 N–H and O–H groups in total. The molecule has 0 bridgehead atoms. The van der Waals surface area contributed by atoms with Gasteiger partial charge >= 0.3 is 0 Å².